The quantitative estimate of drug-likeness (QED) is 0.364. The Bertz CT molecular complexity index is 1070. The molecule has 2 aromatic carbocycles. The molecule has 0 atom stereocenters. The minimum atomic E-state index is -1.13. The molecule has 0 aromatic heterocycles. The van der Waals surface area contributed by atoms with Gasteiger partial charge in [0.25, 0.3) is 11.8 Å². The fraction of sp³-hybridized carbons (Fsp3) is 0.100. The second-order valence-electron chi connectivity index (χ2n) is 6.03. The predicted octanol–water partition coefficient (Wildman–Crippen LogP) is 2.75. The van der Waals surface area contributed by atoms with Crippen molar-refractivity contribution in [2.24, 2.45) is 0 Å². The number of rotatable bonds is 6. The van der Waals surface area contributed by atoms with Gasteiger partial charge in [-0.15, -0.1) is 0 Å². The van der Waals surface area contributed by atoms with Crippen molar-refractivity contribution in [1.29, 1.82) is 0 Å². The summed E-state index contributed by atoms with van der Waals surface area (Å²) in [5, 5.41) is 11.2. The third-order valence-corrected chi connectivity index (χ3v) is 4.85. The Labute approximate surface area is 185 Å². The van der Waals surface area contributed by atoms with Gasteiger partial charge in [0, 0.05) is 4.47 Å². The smallest absolute Gasteiger partial charge is 0.341 e. The number of amides is 2. The van der Waals surface area contributed by atoms with Gasteiger partial charge in [-0.05, 0) is 60.3 Å². The number of nitrogens with zero attached hydrogens (tertiary/aromatic N) is 1. The Hall–Kier alpha value is -3.24. The van der Waals surface area contributed by atoms with Gasteiger partial charge < -0.3 is 14.6 Å². The van der Waals surface area contributed by atoms with Gasteiger partial charge in [0.1, 0.15) is 5.57 Å². The molecule has 0 bridgehead atoms. The zero-order chi connectivity index (χ0) is 21.8. The van der Waals surface area contributed by atoms with Crippen LogP contribution < -0.4 is 19.7 Å². The number of aliphatic carboxylic acids is 1. The molecule has 1 aliphatic rings. The number of ether oxygens (including phenoxy) is 2. The Kier molecular flexibility index (Phi) is 6.48. The van der Waals surface area contributed by atoms with Gasteiger partial charge in [0.05, 0.1) is 12.8 Å². The molecule has 1 aliphatic heterocycles. The number of carboxylic acid groups (broad SMARTS) is 1. The maximum atomic E-state index is 13.0. The van der Waals surface area contributed by atoms with E-state index >= 15 is 0 Å². The molecule has 2 N–H and O–H groups in total. The van der Waals surface area contributed by atoms with Crippen LogP contribution in [0.1, 0.15) is 5.56 Å². The van der Waals surface area contributed by atoms with Crippen molar-refractivity contribution in [2.75, 3.05) is 18.6 Å². The van der Waals surface area contributed by atoms with Crippen LogP contribution >= 0.6 is 28.1 Å². The summed E-state index contributed by atoms with van der Waals surface area (Å²) >= 11 is 8.50. The van der Waals surface area contributed by atoms with Crippen LogP contribution in [0.15, 0.2) is 52.5 Å². The largest absolute Gasteiger partial charge is 0.493 e. The molecule has 0 aliphatic carbocycles. The summed E-state index contributed by atoms with van der Waals surface area (Å²) in [6.07, 6.45) is 1.40. The first-order valence-electron chi connectivity index (χ1n) is 8.50. The molecule has 3 rings (SSSR count). The summed E-state index contributed by atoms with van der Waals surface area (Å²) in [4.78, 5) is 37.3. The molecule has 0 saturated carbocycles. The van der Waals surface area contributed by atoms with E-state index in [-0.39, 0.29) is 22.2 Å². The number of carbonyl (C=O) groups is 3. The number of hydrogen-bond acceptors (Lipinski definition) is 6. The summed E-state index contributed by atoms with van der Waals surface area (Å²) in [5.41, 5.74) is 0.874. The Morgan fingerprint density at radius 1 is 1.20 bits per heavy atom. The van der Waals surface area contributed by atoms with Crippen molar-refractivity contribution in [3.8, 4) is 11.5 Å². The van der Waals surface area contributed by atoms with Crippen LogP contribution in [-0.2, 0) is 14.4 Å². The Balaban J connectivity index is 1.94. The molecule has 2 amide bonds. The van der Waals surface area contributed by atoms with Gasteiger partial charge in [-0.3, -0.25) is 19.8 Å². The maximum Gasteiger partial charge on any atom is 0.341 e. The molecule has 30 heavy (non-hydrogen) atoms. The molecule has 1 fully saturated rings. The molecule has 1 saturated heterocycles. The third-order valence-electron chi connectivity index (χ3n) is 4.04. The van der Waals surface area contributed by atoms with Gasteiger partial charge in [0.15, 0.2) is 23.2 Å². The summed E-state index contributed by atoms with van der Waals surface area (Å²) < 4.78 is 11.2. The number of halogens is 1. The van der Waals surface area contributed by atoms with E-state index < -0.39 is 24.4 Å². The number of carboxylic acids is 1. The number of anilines is 1. The first-order valence-corrected chi connectivity index (χ1v) is 9.70. The molecule has 0 radical (unpaired) electrons. The van der Waals surface area contributed by atoms with Crippen LogP contribution in [0.25, 0.3) is 6.08 Å². The standard InChI is InChI=1S/C20H15BrN2O6S/c1-28-16-9-11(2-7-15(16)29-10-17(24)25)8-14-18(26)22-20(30)23(19(14)27)13-5-3-12(21)4-6-13/h2-9H,10H2,1H3,(H,24,25)(H,22,26,30). The van der Waals surface area contributed by atoms with Gasteiger partial charge in [-0.2, -0.15) is 0 Å². The van der Waals surface area contributed by atoms with Crippen LogP contribution in [0.4, 0.5) is 5.69 Å². The van der Waals surface area contributed by atoms with Crippen LogP contribution in [-0.4, -0.2) is 41.7 Å². The second-order valence-corrected chi connectivity index (χ2v) is 7.33. The van der Waals surface area contributed by atoms with Crippen molar-refractivity contribution in [1.82, 2.24) is 5.32 Å². The molecule has 2 aromatic rings. The van der Waals surface area contributed by atoms with Gasteiger partial charge in [-0.1, -0.05) is 22.0 Å². The number of hydrogen-bond donors (Lipinski definition) is 2. The lowest BCUT2D eigenvalue weighted by atomic mass is 10.1. The number of nitrogens with one attached hydrogen (secondary N) is 1. The van der Waals surface area contributed by atoms with Crippen molar-refractivity contribution in [3.63, 3.8) is 0 Å². The average Bonchev–Trinajstić information content (AvgIpc) is 2.71. The van der Waals surface area contributed by atoms with Crippen molar-refractivity contribution in [3.05, 3.63) is 58.1 Å². The lowest BCUT2D eigenvalue weighted by molar-refractivity contribution is -0.139. The summed E-state index contributed by atoms with van der Waals surface area (Å²) in [5.74, 6) is -1.84. The van der Waals surface area contributed by atoms with Crippen molar-refractivity contribution >= 4 is 62.8 Å². The van der Waals surface area contributed by atoms with Gasteiger partial charge in [-0.25, -0.2) is 4.79 Å². The third kappa shape index (κ3) is 4.66. The normalized spacial score (nSPS) is 15.2. The first kappa shape index (κ1) is 21.5. The van der Waals surface area contributed by atoms with E-state index in [1.54, 1.807) is 30.3 Å². The van der Waals surface area contributed by atoms with E-state index in [0.717, 1.165) is 4.47 Å². The van der Waals surface area contributed by atoms with E-state index in [4.69, 9.17) is 26.8 Å². The van der Waals surface area contributed by atoms with Crippen LogP contribution in [0.5, 0.6) is 11.5 Å². The highest BCUT2D eigenvalue weighted by Gasteiger charge is 2.34. The molecular formula is C20H15BrN2O6S. The maximum absolute atomic E-state index is 13.0. The topological polar surface area (TPSA) is 105 Å². The number of carbonyl (C=O) groups excluding carboxylic acids is 2. The first-order chi connectivity index (χ1) is 14.3. The molecule has 8 nitrogen and oxygen atoms in total. The van der Waals surface area contributed by atoms with Crippen LogP contribution in [0, 0.1) is 0 Å². The van der Waals surface area contributed by atoms with Crippen molar-refractivity contribution in [2.45, 2.75) is 0 Å². The zero-order valence-corrected chi connectivity index (χ0v) is 18.0. The minimum absolute atomic E-state index is 0.0144. The highest BCUT2D eigenvalue weighted by Crippen LogP contribution is 2.30. The van der Waals surface area contributed by atoms with E-state index in [1.165, 1.54) is 30.2 Å². The molecule has 154 valence electrons. The monoisotopic (exact) mass is 490 g/mol. The Morgan fingerprint density at radius 3 is 2.53 bits per heavy atom. The van der Waals surface area contributed by atoms with Crippen LogP contribution in [0.2, 0.25) is 0 Å². The predicted molar refractivity (Wildman–Crippen MR) is 116 cm³/mol. The van der Waals surface area contributed by atoms with E-state index in [2.05, 4.69) is 21.2 Å². The zero-order valence-electron chi connectivity index (χ0n) is 15.5. The summed E-state index contributed by atoms with van der Waals surface area (Å²) in [7, 11) is 1.39. The lowest BCUT2D eigenvalue weighted by Gasteiger charge is -2.29. The fourth-order valence-electron chi connectivity index (χ4n) is 2.68. The molecule has 0 unspecified atom stereocenters. The number of thiocarbonyl (C=S) groups is 1. The highest BCUT2D eigenvalue weighted by atomic mass is 79.9. The molecular weight excluding hydrogens is 476 g/mol. The number of methoxy groups -OCH3 is 1. The average molecular weight is 491 g/mol. The molecule has 1 heterocycles. The summed E-state index contributed by atoms with van der Waals surface area (Å²) in [6.45, 7) is -0.530. The summed E-state index contributed by atoms with van der Waals surface area (Å²) in [6, 6.07) is 11.5. The van der Waals surface area contributed by atoms with Gasteiger partial charge in [0.2, 0.25) is 0 Å². The number of benzene rings is 2. The highest BCUT2D eigenvalue weighted by molar-refractivity contribution is 9.10. The SMILES string of the molecule is COc1cc(C=C2C(=O)NC(=S)N(c3ccc(Br)cc3)C2=O)ccc1OCC(=O)O. The molecule has 10 heteroatoms. The van der Waals surface area contributed by atoms with E-state index in [0.29, 0.717) is 11.3 Å². The fourth-order valence-corrected chi connectivity index (χ4v) is 3.23. The Morgan fingerprint density at radius 2 is 1.90 bits per heavy atom. The lowest BCUT2D eigenvalue weighted by Crippen LogP contribution is -2.54. The van der Waals surface area contributed by atoms with Crippen LogP contribution in [0.3, 0.4) is 0 Å². The minimum Gasteiger partial charge on any atom is -0.493 e. The second kappa shape index (κ2) is 9.06. The van der Waals surface area contributed by atoms with Crippen molar-refractivity contribution < 1.29 is 29.0 Å². The van der Waals surface area contributed by atoms with Gasteiger partial charge >= 0.3 is 5.97 Å². The molecule has 0 spiro atoms. The van der Waals surface area contributed by atoms with E-state index in [1.807, 2.05) is 0 Å². The van der Waals surface area contributed by atoms with E-state index in [9.17, 15) is 14.4 Å².